The predicted molar refractivity (Wildman–Crippen MR) is 100 cm³/mol. The summed E-state index contributed by atoms with van der Waals surface area (Å²) in [5, 5.41) is 4.26. The van der Waals surface area contributed by atoms with Gasteiger partial charge in [0, 0.05) is 23.5 Å². The maximum absolute atomic E-state index is 12.5. The summed E-state index contributed by atoms with van der Waals surface area (Å²) in [4.78, 5) is 15.8. The maximum atomic E-state index is 12.5. The molecule has 0 aliphatic carbocycles. The highest BCUT2D eigenvalue weighted by atomic mass is 16.7. The van der Waals surface area contributed by atoms with E-state index < -0.39 is 0 Å². The number of carbonyl (C=O) groups is 1. The van der Waals surface area contributed by atoms with E-state index in [-0.39, 0.29) is 24.7 Å². The zero-order valence-electron chi connectivity index (χ0n) is 14.9. The molecule has 1 amide bonds. The van der Waals surface area contributed by atoms with E-state index in [2.05, 4.69) is 23.3 Å². The van der Waals surface area contributed by atoms with E-state index in [1.54, 1.807) is 0 Å². The van der Waals surface area contributed by atoms with Crippen LogP contribution in [0.15, 0.2) is 48.7 Å². The molecular formula is C21H22N2O3. The van der Waals surface area contributed by atoms with Gasteiger partial charge in [-0.1, -0.05) is 31.2 Å². The molecule has 2 heterocycles. The summed E-state index contributed by atoms with van der Waals surface area (Å²) >= 11 is 0. The second-order valence-electron chi connectivity index (χ2n) is 6.80. The number of nitrogens with one attached hydrogen (secondary N) is 2. The lowest BCUT2D eigenvalue weighted by molar-refractivity contribution is -0.122. The van der Waals surface area contributed by atoms with E-state index in [0.717, 1.165) is 22.6 Å². The fourth-order valence-electron chi connectivity index (χ4n) is 3.46. The average molecular weight is 350 g/mol. The maximum Gasteiger partial charge on any atom is 0.231 e. The van der Waals surface area contributed by atoms with E-state index >= 15 is 0 Å². The third kappa shape index (κ3) is 3.12. The Labute approximate surface area is 152 Å². The summed E-state index contributed by atoms with van der Waals surface area (Å²) in [5.41, 5.74) is 3.28. The first-order valence-electron chi connectivity index (χ1n) is 8.86. The van der Waals surface area contributed by atoms with E-state index in [9.17, 15) is 4.79 Å². The van der Waals surface area contributed by atoms with Gasteiger partial charge in [0.05, 0.1) is 6.04 Å². The van der Waals surface area contributed by atoms with Gasteiger partial charge in [-0.05, 0) is 42.2 Å². The van der Waals surface area contributed by atoms with Gasteiger partial charge < -0.3 is 19.8 Å². The topological polar surface area (TPSA) is 63.4 Å². The number of H-pyrrole nitrogens is 1. The van der Waals surface area contributed by atoms with Crippen molar-refractivity contribution in [2.24, 2.45) is 0 Å². The molecule has 26 heavy (non-hydrogen) atoms. The monoisotopic (exact) mass is 350 g/mol. The zero-order chi connectivity index (χ0) is 18.1. The molecule has 2 atom stereocenters. The van der Waals surface area contributed by atoms with Gasteiger partial charge in [-0.25, -0.2) is 0 Å². The number of amides is 1. The Morgan fingerprint density at radius 2 is 1.96 bits per heavy atom. The molecule has 0 radical (unpaired) electrons. The lowest BCUT2D eigenvalue weighted by Crippen LogP contribution is -2.27. The molecule has 0 saturated carbocycles. The molecule has 1 aliphatic heterocycles. The van der Waals surface area contributed by atoms with E-state index in [1.807, 2.05) is 49.5 Å². The standard InChI is InChI=1S/C21H22N2O3/c1-13(17-11-22-18-6-4-3-5-16(17)18)9-21(24)23-14(2)15-7-8-19-20(10-15)26-12-25-19/h3-8,10-11,13-14,22H,9,12H2,1-2H3,(H,23,24)/t13-,14-/m0/s1. The molecule has 1 aliphatic rings. The van der Waals surface area contributed by atoms with Gasteiger partial charge in [0.1, 0.15) is 0 Å². The van der Waals surface area contributed by atoms with Crippen molar-refractivity contribution in [1.29, 1.82) is 0 Å². The Morgan fingerprint density at radius 3 is 2.85 bits per heavy atom. The van der Waals surface area contributed by atoms with E-state index in [0.29, 0.717) is 6.42 Å². The Hall–Kier alpha value is -2.95. The third-order valence-electron chi connectivity index (χ3n) is 4.92. The number of hydrogen-bond donors (Lipinski definition) is 2. The van der Waals surface area contributed by atoms with Crippen molar-refractivity contribution in [2.45, 2.75) is 32.2 Å². The van der Waals surface area contributed by atoms with Gasteiger partial charge in [-0.3, -0.25) is 4.79 Å². The quantitative estimate of drug-likeness (QED) is 0.722. The first-order valence-corrected chi connectivity index (χ1v) is 8.86. The minimum absolute atomic E-state index is 0.0351. The molecule has 1 aromatic heterocycles. The van der Waals surface area contributed by atoms with Crippen molar-refractivity contribution >= 4 is 16.8 Å². The van der Waals surface area contributed by atoms with Crippen LogP contribution in [0.5, 0.6) is 11.5 Å². The molecular weight excluding hydrogens is 328 g/mol. The number of ether oxygens (including phenoxy) is 2. The molecule has 2 N–H and O–H groups in total. The molecule has 2 aromatic carbocycles. The Balaban J connectivity index is 1.41. The number of fused-ring (bicyclic) bond motifs is 2. The van der Waals surface area contributed by atoms with Gasteiger partial charge in [0.25, 0.3) is 0 Å². The van der Waals surface area contributed by atoms with Gasteiger partial charge in [0.2, 0.25) is 12.7 Å². The number of aromatic amines is 1. The number of aromatic nitrogens is 1. The van der Waals surface area contributed by atoms with Crippen LogP contribution in [0.4, 0.5) is 0 Å². The van der Waals surface area contributed by atoms with Crippen molar-refractivity contribution in [3.63, 3.8) is 0 Å². The Kier molecular flexibility index (Phi) is 4.29. The van der Waals surface area contributed by atoms with Gasteiger partial charge in [0.15, 0.2) is 11.5 Å². The van der Waals surface area contributed by atoms with Crippen LogP contribution in [-0.4, -0.2) is 17.7 Å². The second-order valence-corrected chi connectivity index (χ2v) is 6.80. The summed E-state index contributed by atoms with van der Waals surface area (Å²) in [5.74, 6) is 1.65. The van der Waals surface area contributed by atoms with Crippen LogP contribution in [0.2, 0.25) is 0 Å². The second kappa shape index (κ2) is 6.75. The van der Waals surface area contributed by atoms with Gasteiger partial charge in [-0.15, -0.1) is 0 Å². The summed E-state index contributed by atoms with van der Waals surface area (Å²) in [6.07, 6.45) is 2.45. The molecule has 0 fully saturated rings. The van der Waals surface area contributed by atoms with Crippen molar-refractivity contribution < 1.29 is 14.3 Å². The fourth-order valence-corrected chi connectivity index (χ4v) is 3.46. The number of carbonyl (C=O) groups excluding carboxylic acids is 1. The van der Waals surface area contributed by atoms with Crippen molar-refractivity contribution in [1.82, 2.24) is 10.3 Å². The van der Waals surface area contributed by atoms with E-state index in [1.165, 1.54) is 10.9 Å². The minimum Gasteiger partial charge on any atom is -0.454 e. The lowest BCUT2D eigenvalue weighted by atomic mass is 9.96. The number of benzene rings is 2. The SMILES string of the molecule is C[C@H](NC(=O)C[C@H](C)c1c[nH]c2ccccc12)c1ccc2c(c1)OCO2. The van der Waals surface area contributed by atoms with Crippen LogP contribution in [-0.2, 0) is 4.79 Å². The van der Waals surface area contributed by atoms with Crippen LogP contribution in [0.25, 0.3) is 10.9 Å². The van der Waals surface area contributed by atoms with Crippen molar-refractivity contribution in [3.05, 3.63) is 59.8 Å². The van der Waals surface area contributed by atoms with Crippen molar-refractivity contribution in [2.75, 3.05) is 6.79 Å². The number of para-hydroxylation sites is 1. The Morgan fingerprint density at radius 1 is 1.15 bits per heavy atom. The summed E-state index contributed by atoms with van der Waals surface area (Å²) in [6.45, 7) is 4.31. The molecule has 5 nitrogen and oxygen atoms in total. The highest BCUT2D eigenvalue weighted by Gasteiger charge is 2.19. The van der Waals surface area contributed by atoms with Crippen LogP contribution in [0.1, 0.15) is 43.4 Å². The summed E-state index contributed by atoms with van der Waals surface area (Å²) < 4.78 is 10.7. The fraction of sp³-hybridized carbons (Fsp3) is 0.286. The number of hydrogen-bond acceptors (Lipinski definition) is 3. The largest absolute Gasteiger partial charge is 0.454 e. The molecule has 0 bridgehead atoms. The molecule has 0 saturated heterocycles. The smallest absolute Gasteiger partial charge is 0.231 e. The first kappa shape index (κ1) is 16.5. The molecule has 5 heteroatoms. The van der Waals surface area contributed by atoms with Crippen LogP contribution >= 0.6 is 0 Å². The van der Waals surface area contributed by atoms with Crippen LogP contribution in [0.3, 0.4) is 0 Å². The normalized spacial score (nSPS) is 15.0. The van der Waals surface area contributed by atoms with E-state index in [4.69, 9.17) is 9.47 Å². The third-order valence-corrected chi connectivity index (χ3v) is 4.92. The molecule has 4 rings (SSSR count). The molecule has 0 spiro atoms. The molecule has 134 valence electrons. The highest BCUT2D eigenvalue weighted by Crippen LogP contribution is 2.34. The predicted octanol–water partition coefficient (Wildman–Crippen LogP) is 4.27. The average Bonchev–Trinajstić information content (AvgIpc) is 3.27. The molecule has 0 unspecified atom stereocenters. The summed E-state index contributed by atoms with van der Waals surface area (Å²) in [7, 11) is 0. The summed E-state index contributed by atoms with van der Waals surface area (Å²) in [6, 6.07) is 13.8. The zero-order valence-corrected chi connectivity index (χ0v) is 14.9. The molecule has 3 aromatic rings. The van der Waals surface area contributed by atoms with Crippen molar-refractivity contribution in [3.8, 4) is 11.5 Å². The lowest BCUT2D eigenvalue weighted by Gasteiger charge is -2.17. The van der Waals surface area contributed by atoms with Crippen LogP contribution < -0.4 is 14.8 Å². The van der Waals surface area contributed by atoms with Gasteiger partial charge >= 0.3 is 0 Å². The minimum atomic E-state index is -0.0906. The Bertz CT molecular complexity index is 947. The highest BCUT2D eigenvalue weighted by molar-refractivity contribution is 5.85. The van der Waals surface area contributed by atoms with Gasteiger partial charge in [-0.2, -0.15) is 0 Å². The van der Waals surface area contributed by atoms with Crippen LogP contribution in [0, 0.1) is 0 Å². The first-order chi connectivity index (χ1) is 12.6. The number of rotatable bonds is 5.